The minimum absolute atomic E-state index is 0.0417. The highest BCUT2D eigenvalue weighted by molar-refractivity contribution is 5.90. The zero-order valence-corrected chi connectivity index (χ0v) is 15.9. The van der Waals surface area contributed by atoms with Gasteiger partial charge in [0.25, 0.3) is 0 Å². The van der Waals surface area contributed by atoms with Crippen molar-refractivity contribution in [2.45, 2.75) is 19.5 Å². The summed E-state index contributed by atoms with van der Waals surface area (Å²) in [5, 5.41) is 0. The lowest BCUT2D eigenvalue weighted by atomic mass is 10.1. The van der Waals surface area contributed by atoms with Crippen LogP contribution in [0.15, 0.2) is 60.7 Å². The number of rotatable bonds is 7. The fourth-order valence-corrected chi connectivity index (χ4v) is 3.39. The lowest BCUT2D eigenvalue weighted by Crippen LogP contribution is -2.40. The summed E-state index contributed by atoms with van der Waals surface area (Å²) >= 11 is 0. The van der Waals surface area contributed by atoms with Crippen molar-refractivity contribution in [3.05, 3.63) is 71.8 Å². The number of methoxy groups -OCH3 is 1. The molecule has 2 aromatic rings. The van der Waals surface area contributed by atoms with E-state index in [4.69, 9.17) is 4.74 Å². The Hall–Kier alpha value is -3.15. The minimum atomic E-state index is -0.477. The van der Waals surface area contributed by atoms with Gasteiger partial charge >= 0.3 is 5.97 Å². The van der Waals surface area contributed by atoms with Gasteiger partial charge in [0.1, 0.15) is 6.54 Å². The van der Waals surface area contributed by atoms with Crippen molar-refractivity contribution in [3.63, 3.8) is 0 Å². The van der Waals surface area contributed by atoms with Crippen molar-refractivity contribution in [2.24, 2.45) is 5.92 Å². The zero-order chi connectivity index (χ0) is 19.9. The van der Waals surface area contributed by atoms with Crippen LogP contribution >= 0.6 is 0 Å². The lowest BCUT2D eigenvalue weighted by Gasteiger charge is -2.25. The van der Waals surface area contributed by atoms with Crippen LogP contribution in [-0.4, -0.2) is 47.8 Å². The second-order valence-electron chi connectivity index (χ2n) is 6.92. The van der Waals surface area contributed by atoms with E-state index in [-0.39, 0.29) is 24.8 Å². The van der Waals surface area contributed by atoms with Crippen LogP contribution in [0.1, 0.15) is 17.5 Å². The molecule has 1 atom stereocenters. The number of nitrogens with zero attached hydrogens (tertiary/aromatic N) is 2. The lowest BCUT2D eigenvalue weighted by molar-refractivity contribution is -0.148. The predicted molar refractivity (Wildman–Crippen MR) is 104 cm³/mol. The molecule has 0 N–H and O–H groups in total. The molecule has 6 heteroatoms. The molecule has 0 radical (unpaired) electrons. The summed E-state index contributed by atoms with van der Waals surface area (Å²) in [6, 6.07) is 19.2. The van der Waals surface area contributed by atoms with E-state index in [9.17, 15) is 14.4 Å². The normalized spacial score (nSPS) is 16.1. The summed E-state index contributed by atoms with van der Waals surface area (Å²) in [6.07, 6.45) is 0.165. The first-order chi connectivity index (χ1) is 13.6. The molecule has 1 heterocycles. The van der Waals surface area contributed by atoms with Gasteiger partial charge in [0.15, 0.2) is 0 Å². The van der Waals surface area contributed by atoms with Crippen molar-refractivity contribution < 1.29 is 19.1 Å². The van der Waals surface area contributed by atoms with Crippen LogP contribution in [0.2, 0.25) is 0 Å². The first-order valence-electron chi connectivity index (χ1n) is 9.28. The van der Waals surface area contributed by atoms with Gasteiger partial charge in [-0.2, -0.15) is 0 Å². The van der Waals surface area contributed by atoms with Crippen LogP contribution in [0, 0.1) is 5.92 Å². The third-order valence-corrected chi connectivity index (χ3v) is 4.86. The molecule has 0 bridgehead atoms. The number of carbonyl (C=O) groups is 3. The molecule has 0 aliphatic carbocycles. The molecule has 3 rings (SSSR count). The summed E-state index contributed by atoms with van der Waals surface area (Å²) in [5.74, 6) is -1.17. The van der Waals surface area contributed by atoms with Crippen molar-refractivity contribution in [1.29, 1.82) is 0 Å². The molecule has 1 fully saturated rings. The number of hydrogen-bond acceptors (Lipinski definition) is 4. The average molecular weight is 380 g/mol. The Labute approximate surface area is 164 Å². The average Bonchev–Trinajstić information content (AvgIpc) is 3.08. The van der Waals surface area contributed by atoms with Gasteiger partial charge in [0.05, 0.1) is 13.0 Å². The van der Waals surface area contributed by atoms with Gasteiger partial charge in [-0.15, -0.1) is 0 Å². The molecule has 2 aromatic carbocycles. The maximum Gasteiger partial charge on any atom is 0.325 e. The quantitative estimate of drug-likeness (QED) is 0.691. The molecule has 2 amide bonds. The van der Waals surface area contributed by atoms with Crippen molar-refractivity contribution >= 4 is 17.8 Å². The van der Waals surface area contributed by atoms with E-state index in [2.05, 4.69) is 0 Å². The van der Waals surface area contributed by atoms with Gasteiger partial charge in [0, 0.05) is 26.1 Å². The first-order valence-corrected chi connectivity index (χ1v) is 9.28. The third-order valence-electron chi connectivity index (χ3n) is 4.86. The fourth-order valence-electron chi connectivity index (χ4n) is 3.39. The molecule has 0 saturated carbocycles. The summed E-state index contributed by atoms with van der Waals surface area (Å²) < 4.78 is 4.74. The molecule has 1 aliphatic heterocycles. The van der Waals surface area contributed by atoms with Crippen LogP contribution in [-0.2, 0) is 32.2 Å². The number of esters is 1. The van der Waals surface area contributed by atoms with Crippen molar-refractivity contribution in [1.82, 2.24) is 9.80 Å². The second-order valence-corrected chi connectivity index (χ2v) is 6.92. The minimum Gasteiger partial charge on any atom is -0.468 e. The number of ether oxygens (including phenoxy) is 1. The maximum absolute atomic E-state index is 13.1. The molecule has 146 valence electrons. The summed E-state index contributed by atoms with van der Waals surface area (Å²) in [6.45, 7) is 1.02. The molecule has 0 aromatic heterocycles. The van der Waals surface area contributed by atoms with Crippen molar-refractivity contribution in [3.8, 4) is 0 Å². The molecule has 0 spiro atoms. The van der Waals surface area contributed by atoms with Crippen LogP contribution in [0.3, 0.4) is 0 Å². The molecule has 6 nitrogen and oxygen atoms in total. The summed E-state index contributed by atoms with van der Waals surface area (Å²) in [7, 11) is 1.30. The van der Waals surface area contributed by atoms with Gasteiger partial charge in [-0.05, 0) is 11.1 Å². The van der Waals surface area contributed by atoms with Gasteiger partial charge in [0.2, 0.25) is 11.8 Å². The number of benzene rings is 2. The Morgan fingerprint density at radius 1 is 1.04 bits per heavy atom. The van der Waals surface area contributed by atoms with E-state index in [0.29, 0.717) is 19.6 Å². The number of carbonyl (C=O) groups excluding carboxylic acids is 3. The highest BCUT2D eigenvalue weighted by atomic mass is 16.5. The van der Waals surface area contributed by atoms with Crippen LogP contribution < -0.4 is 0 Å². The Morgan fingerprint density at radius 2 is 1.64 bits per heavy atom. The van der Waals surface area contributed by atoms with E-state index in [0.717, 1.165) is 11.1 Å². The second kappa shape index (κ2) is 9.17. The van der Waals surface area contributed by atoms with Gasteiger partial charge in [-0.25, -0.2) is 0 Å². The highest BCUT2D eigenvalue weighted by Gasteiger charge is 2.37. The van der Waals surface area contributed by atoms with Gasteiger partial charge < -0.3 is 14.5 Å². The molecular formula is C22H24N2O4. The third kappa shape index (κ3) is 4.97. The zero-order valence-electron chi connectivity index (χ0n) is 15.9. The van der Waals surface area contributed by atoms with Crippen LogP contribution in [0.4, 0.5) is 0 Å². The van der Waals surface area contributed by atoms with E-state index >= 15 is 0 Å². The van der Waals surface area contributed by atoms with Crippen LogP contribution in [0.25, 0.3) is 0 Å². The Morgan fingerprint density at radius 3 is 2.25 bits per heavy atom. The van der Waals surface area contributed by atoms with E-state index < -0.39 is 11.9 Å². The molecular weight excluding hydrogens is 356 g/mol. The SMILES string of the molecule is COC(=O)CN(Cc1ccccc1)C(=O)C1CC(=O)N(Cc2ccccc2)C1. The molecule has 28 heavy (non-hydrogen) atoms. The Bertz CT molecular complexity index is 823. The molecule has 1 unspecified atom stereocenters. The fraction of sp³-hybridized carbons (Fsp3) is 0.318. The first kappa shape index (κ1) is 19.6. The van der Waals surface area contributed by atoms with E-state index in [1.165, 1.54) is 12.0 Å². The maximum atomic E-state index is 13.1. The summed E-state index contributed by atoms with van der Waals surface area (Å²) in [4.78, 5) is 40.5. The molecule has 1 aliphatic rings. The largest absolute Gasteiger partial charge is 0.468 e. The topological polar surface area (TPSA) is 66.9 Å². The van der Waals surface area contributed by atoms with E-state index in [1.807, 2.05) is 60.7 Å². The number of likely N-dealkylation sites (tertiary alicyclic amines) is 1. The standard InChI is InChI=1S/C22H24N2O4/c1-28-21(26)16-24(14-18-10-6-3-7-11-18)22(27)19-12-20(25)23(15-19)13-17-8-4-2-5-9-17/h2-11,19H,12-16H2,1H3. The van der Waals surface area contributed by atoms with E-state index in [1.54, 1.807) is 4.90 Å². The molecule has 1 saturated heterocycles. The smallest absolute Gasteiger partial charge is 0.325 e. The van der Waals surface area contributed by atoms with Gasteiger partial charge in [-0.3, -0.25) is 14.4 Å². The monoisotopic (exact) mass is 380 g/mol. The number of hydrogen-bond donors (Lipinski definition) is 0. The highest BCUT2D eigenvalue weighted by Crippen LogP contribution is 2.23. The Balaban J connectivity index is 1.69. The summed E-state index contributed by atoms with van der Waals surface area (Å²) in [5.41, 5.74) is 1.95. The van der Waals surface area contributed by atoms with Crippen LogP contribution in [0.5, 0.6) is 0 Å². The predicted octanol–water partition coefficient (Wildman–Crippen LogP) is 2.24. The van der Waals surface area contributed by atoms with Gasteiger partial charge in [-0.1, -0.05) is 60.7 Å². The Kier molecular flexibility index (Phi) is 6.42. The number of amides is 2. The van der Waals surface area contributed by atoms with Crippen molar-refractivity contribution in [2.75, 3.05) is 20.2 Å².